The number of nitrogens with one attached hydrogen (secondary N) is 1. The summed E-state index contributed by atoms with van der Waals surface area (Å²) in [5.41, 5.74) is 4.72. The number of nitrogens with two attached hydrogens (primary N) is 1. The van der Waals surface area contributed by atoms with Crippen molar-refractivity contribution in [3.05, 3.63) is 0 Å². The number of nitrogens with zero attached hydrogens (tertiary/aromatic N) is 1. The summed E-state index contributed by atoms with van der Waals surface area (Å²) in [6, 6.07) is 0.326. The minimum absolute atomic E-state index is 0.0793. The predicted octanol–water partition coefficient (Wildman–Crippen LogP) is -0.539. The van der Waals surface area contributed by atoms with E-state index in [1.807, 2.05) is 0 Å². The van der Waals surface area contributed by atoms with Crippen LogP contribution in [0.3, 0.4) is 0 Å². The lowest BCUT2D eigenvalue weighted by Crippen LogP contribution is -2.52. The van der Waals surface area contributed by atoms with Crippen molar-refractivity contribution in [2.24, 2.45) is 5.73 Å². The van der Waals surface area contributed by atoms with E-state index < -0.39 is 5.54 Å². The topological polar surface area (TPSA) is 75.4 Å². The van der Waals surface area contributed by atoms with Gasteiger partial charge in [0.15, 0.2) is 0 Å². The molecular formula is C10H19N3O2. The lowest BCUT2D eigenvalue weighted by Gasteiger charge is -2.25. The molecule has 1 fully saturated rings. The van der Waals surface area contributed by atoms with Crippen LogP contribution in [0.1, 0.15) is 26.7 Å². The van der Waals surface area contributed by atoms with Crippen molar-refractivity contribution >= 4 is 11.8 Å². The predicted molar refractivity (Wildman–Crippen MR) is 57.1 cm³/mol. The number of hydrogen-bond donors (Lipinski definition) is 2. The number of rotatable bonds is 4. The summed E-state index contributed by atoms with van der Waals surface area (Å²) in [4.78, 5) is 24.4. The summed E-state index contributed by atoms with van der Waals surface area (Å²) in [5, 5.41) is 2.82. The third kappa shape index (κ3) is 3.87. The zero-order chi connectivity index (χ0) is 11.6. The third-order valence-electron chi connectivity index (χ3n) is 2.22. The van der Waals surface area contributed by atoms with Gasteiger partial charge in [-0.15, -0.1) is 0 Å². The van der Waals surface area contributed by atoms with Crippen molar-refractivity contribution in [1.82, 2.24) is 10.2 Å². The third-order valence-corrected chi connectivity index (χ3v) is 2.22. The normalized spacial score (nSPS) is 16.0. The van der Waals surface area contributed by atoms with E-state index in [-0.39, 0.29) is 18.4 Å². The molecule has 15 heavy (non-hydrogen) atoms. The quantitative estimate of drug-likeness (QED) is 0.658. The van der Waals surface area contributed by atoms with Gasteiger partial charge in [0.1, 0.15) is 0 Å². The largest absolute Gasteiger partial charge is 0.352 e. The van der Waals surface area contributed by atoms with Crippen LogP contribution < -0.4 is 11.1 Å². The highest BCUT2D eigenvalue weighted by Crippen LogP contribution is 2.18. The molecule has 86 valence electrons. The maximum Gasteiger partial charge on any atom is 0.242 e. The first-order valence-electron chi connectivity index (χ1n) is 5.14. The van der Waals surface area contributed by atoms with Crippen molar-refractivity contribution < 1.29 is 9.59 Å². The highest BCUT2D eigenvalue weighted by atomic mass is 16.2. The van der Waals surface area contributed by atoms with E-state index in [4.69, 9.17) is 5.73 Å². The van der Waals surface area contributed by atoms with Gasteiger partial charge in [0.2, 0.25) is 11.8 Å². The van der Waals surface area contributed by atoms with Gasteiger partial charge in [-0.25, -0.2) is 0 Å². The van der Waals surface area contributed by atoms with Gasteiger partial charge < -0.3 is 16.0 Å². The molecule has 2 amide bonds. The van der Waals surface area contributed by atoms with E-state index in [0.29, 0.717) is 6.04 Å². The lowest BCUT2D eigenvalue weighted by atomic mass is 10.1. The van der Waals surface area contributed by atoms with Gasteiger partial charge in [0, 0.05) is 13.1 Å². The van der Waals surface area contributed by atoms with Crippen LogP contribution in [-0.2, 0) is 9.59 Å². The second-order valence-corrected chi connectivity index (χ2v) is 4.72. The molecule has 0 aliphatic heterocycles. The van der Waals surface area contributed by atoms with Crippen LogP contribution in [0.2, 0.25) is 0 Å². The van der Waals surface area contributed by atoms with Gasteiger partial charge in [-0.2, -0.15) is 0 Å². The standard InChI is InChI=1S/C10H19N3O2/c1-10(2,11)9(15)13(3)6-8(14)12-7-4-5-7/h7H,4-6,11H2,1-3H3,(H,12,14). The molecule has 0 bridgehead atoms. The van der Waals surface area contributed by atoms with Crippen molar-refractivity contribution in [3.8, 4) is 0 Å². The Hall–Kier alpha value is -1.10. The van der Waals surface area contributed by atoms with Gasteiger partial charge in [0.25, 0.3) is 0 Å². The molecule has 1 saturated carbocycles. The first kappa shape index (κ1) is 12.0. The maximum atomic E-state index is 11.6. The Kier molecular flexibility index (Phi) is 3.34. The van der Waals surface area contributed by atoms with Crippen molar-refractivity contribution in [2.45, 2.75) is 38.3 Å². The second kappa shape index (κ2) is 4.18. The van der Waals surface area contributed by atoms with Crippen LogP contribution in [0.4, 0.5) is 0 Å². The van der Waals surface area contributed by atoms with Crippen LogP contribution in [0, 0.1) is 0 Å². The van der Waals surface area contributed by atoms with Crippen LogP contribution in [0.15, 0.2) is 0 Å². The van der Waals surface area contributed by atoms with Crippen molar-refractivity contribution in [3.63, 3.8) is 0 Å². The molecule has 5 nitrogen and oxygen atoms in total. The van der Waals surface area contributed by atoms with Crippen LogP contribution in [-0.4, -0.2) is 41.9 Å². The number of carbonyl (C=O) groups is 2. The summed E-state index contributed by atoms with van der Waals surface area (Å²) >= 11 is 0. The first-order valence-corrected chi connectivity index (χ1v) is 5.14. The summed E-state index contributed by atoms with van der Waals surface area (Å²) in [6.45, 7) is 3.34. The number of carbonyl (C=O) groups excluding carboxylic acids is 2. The molecule has 0 aromatic rings. The summed E-state index contributed by atoms with van der Waals surface area (Å²) in [6.07, 6.45) is 2.09. The molecule has 0 heterocycles. The van der Waals surface area contributed by atoms with Crippen LogP contribution in [0.5, 0.6) is 0 Å². The smallest absolute Gasteiger partial charge is 0.242 e. The monoisotopic (exact) mass is 213 g/mol. The van der Waals surface area contributed by atoms with Crippen LogP contribution >= 0.6 is 0 Å². The summed E-state index contributed by atoms with van der Waals surface area (Å²) < 4.78 is 0. The molecule has 1 aliphatic carbocycles. The minimum atomic E-state index is -0.922. The highest BCUT2D eigenvalue weighted by Gasteiger charge is 2.28. The number of likely N-dealkylation sites (N-methyl/N-ethyl adjacent to an activating group) is 1. The van der Waals surface area contributed by atoms with Crippen molar-refractivity contribution in [1.29, 1.82) is 0 Å². The Morgan fingerprint density at radius 3 is 2.40 bits per heavy atom. The molecule has 0 aromatic carbocycles. The molecule has 1 aliphatic rings. The van der Waals surface area contributed by atoms with E-state index in [9.17, 15) is 9.59 Å². The van der Waals surface area contributed by atoms with E-state index in [1.54, 1.807) is 20.9 Å². The molecule has 5 heteroatoms. The Bertz CT molecular complexity index is 266. The fraction of sp³-hybridized carbons (Fsp3) is 0.800. The van der Waals surface area contributed by atoms with E-state index in [2.05, 4.69) is 5.32 Å². The Balaban J connectivity index is 2.36. The molecular weight excluding hydrogens is 194 g/mol. The molecule has 0 aromatic heterocycles. The SMILES string of the molecule is CN(CC(=O)NC1CC1)C(=O)C(C)(C)N. The molecule has 0 saturated heterocycles. The molecule has 1 rings (SSSR count). The molecule has 0 unspecified atom stereocenters. The molecule has 0 radical (unpaired) electrons. The molecule has 3 N–H and O–H groups in total. The highest BCUT2D eigenvalue weighted by molar-refractivity contribution is 5.89. The summed E-state index contributed by atoms with van der Waals surface area (Å²) in [5.74, 6) is -0.342. The average Bonchev–Trinajstić information content (AvgIpc) is 2.84. The van der Waals surface area contributed by atoms with E-state index in [1.165, 1.54) is 4.90 Å². The van der Waals surface area contributed by atoms with Gasteiger partial charge in [0.05, 0.1) is 12.1 Å². The fourth-order valence-electron chi connectivity index (χ4n) is 1.28. The first-order chi connectivity index (χ1) is 6.80. The second-order valence-electron chi connectivity index (χ2n) is 4.72. The lowest BCUT2D eigenvalue weighted by molar-refractivity contribution is -0.138. The van der Waals surface area contributed by atoms with Gasteiger partial charge in [-0.1, -0.05) is 0 Å². The minimum Gasteiger partial charge on any atom is -0.352 e. The van der Waals surface area contributed by atoms with Crippen molar-refractivity contribution in [2.75, 3.05) is 13.6 Å². The van der Waals surface area contributed by atoms with Gasteiger partial charge in [-0.3, -0.25) is 9.59 Å². The Labute approximate surface area is 90.0 Å². The van der Waals surface area contributed by atoms with Gasteiger partial charge in [-0.05, 0) is 26.7 Å². The Morgan fingerprint density at radius 2 is 2.00 bits per heavy atom. The number of amides is 2. The fourth-order valence-corrected chi connectivity index (χ4v) is 1.28. The summed E-state index contributed by atoms with van der Waals surface area (Å²) in [7, 11) is 1.59. The average molecular weight is 213 g/mol. The van der Waals surface area contributed by atoms with Crippen LogP contribution in [0.25, 0.3) is 0 Å². The van der Waals surface area contributed by atoms with E-state index in [0.717, 1.165) is 12.8 Å². The molecule has 0 spiro atoms. The Morgan fingerprint density at radius 1 is 1.47 bits per heavy atom. The zero-order valence-corrected chi connectivity index (χ0v) is 9.54. The van der Waals surface area contributed by atoms with E-state index >= 15 is 0 Å². The zero-order valence-electron chi connectivity index (χ0n) is 9.54. The van der Waals surface area contributed by atoms with Gasteiger partial charge >= 0.3 is 0 Å². The maximum absolute atomic E-state index is 11.6. The number of hydrogen-bond acceptors (Lipinski definition) is 3. The molecule has 0 atom stereocenters.